The Labute approximate surface area is 141 Å². The molecule has 1 aromatic rings. The van der Waals surface area contributed by atoms with E-state index in [-0.39, 0.29) is 18.3 Å². The molecule has 0 fully saturated rings. The molecule has 124 valence electrons. The summed E-state index contributed by atoms with van der Waals surface area (Å²) in [5, 5.41) is 14.7. The summed E-state index contributed by atoms with van der Waals surface area (Å²) in [6.45, 7) is 3.58. The Morgan fingerprint density at radius 2 is 1.86 bits per heavy atom. The maximum Gasteiger partial charge on any atom is 0.320 e. The van der Waals surface area contributed by atoms with Crippen LogP contribution in [0.25, 0.3) is 0 Å². The fourth-order valence-corrected chi connectivity index (χ4v) is 2.28. The third-order valence-corrected chi connectivity index (χ3v) is 3.82. The van der Waals surface area contributed by atoms with Gasteiger partial charge in [-0.05, 0) is 43.9 Å². The van der Waals surface area contributed by atoms with E-state index in [9.17, 15) is 9.59 Å². The number of hydrogen-bond donors (Lipinski definition) is 3. The second kappa shape index (κ2) is 10.5. The first-order chi connectivity index (χ1) is 9.97. The van der Waals surface area contributed by atoms with Gasteiger partial charge in [0.05, 0.1) is 6.04 Å². The van der Waals surface area contributed by atoms with Crippen LogP contribution in [0.5, 0.6) is 0 Å². The number of carbonyl (C=O) groups excluding carboxylic acids is 1. The summed E-state index contributed by atoms with van der Waals surface area (Å²) in [5.74, 6) is -1.17. The number of anilines is 1. The maximum absolute atomic E-state index is 12.1. The lowest BCUT2D eigenvalue weighted by atomic mass is 10.1. The van der Waals surface area contributed by atoms with E-state index in [0.29, 0.717) is 12.1 Å². The van der Waals surface area contributed by atoms with Gasteiger partial charge in [0, 0.05) is 10.6 Å². The molecule has 0 heterocycles. The summed E-state index contributed by atoms with van der Waals surface area (Å²) in [5.41, 5.74) is 0.703. The zero-order valence-electron chi connectivity index (χ0n) is 13.0. The summed E-state index contributed by atoms with van der Waals surface area (Å²) < 4.78 is 0. The smallest absolute Gasteiger partial charge is 0.320 e. The van der Waals surface area contributed by atoms with Crippen molar-refractivity contribution in [2.24, 2.45) is 0 Å². The van der Waals surface area contributed by atoms with E-state index in [1.807, 2.05) is 37.4 Å². The Morgan fingerprint density at radius 1 is 1.27 bits per heavy atom. The molecular formula is C15H23ClN2O3S. The number of nitrogens with one attached hydrogen (secondary N) is 2. The second-order valence-corrected chi connectivity index (χ2v) is 5.67. The van der Waals surface area contributed by atoms with E-state index in [4.69, 9.17) is 5.11 Å². The Balaban J connectivity index is 0.00000441. The maximum atomic E-state index is 12.1. The van der Waals surface area contributed by atoms with Gasteiger partial charge in [0.15, 0.2) is 0 Å². The number of rotatable bonds is 8. The minimum Gasteiger partial charge on any atom is -0.480 e. The molecule has 0 aromatic heterocycles. The van der Waals surface area contributed by atoms with Crippen molar-refractivity contribution in [3.8, 4) is 0 Å². The van der Waals surface area contributed by atoms with Crippen LogP contribution in [-0.4, -0.2) is 35.3 Å². The third-order valence-electron chi connectivity index (χ3n) is 3.08. The van der Waals surface area contributed by atoms with Crippen molar-refractivity contribution < 1.29 is 14.7 Å². The van der Waals surface area contributed by atoms with Crippen LogP contribution in [0, 0.1) is 0 Å². The molecule has 1 rings (SSSR count). The molecule has 0 saturated heterocycles. The predicted molar refractivity (Wildman–Crippen MR) is 93.0 cm³/mol. The summed E-state index contributed by atoms with van der Waals surface area (Å²) in [6.07, 6.45) is 3.23. The largest absolute Gasteiger partial charge is 0.480 e. The minimum atomic E-state index is -0.930. The number of halogens is 1. The third kappa shape index (κ3) is 6.68. The van der Waals surface area contributed by atoms with Crippen LogP contribution in [0.4, 0.5) is 5.69 Å². The molecule has 0 aliphatic heterocycles. The normalized spacial score (nSPS) is 12.9. The Morgan fingerprint density at radius 3 is 2.32 bits per heavy atom. The number of thioether (sulfide) groups is 1. The molecule has 3 N–H and O–H groups in total. The van der Waals surface area contributed by atoms with Crippen molar-refractivity contribution in [3.05, 3.63) is 24.3 Å². The van der Waals surface area contributed by atoms with Crippen LogP contribution < -0.4 is 10.6 Å². The van der Waals surface area contributed by atoms with E-state index >= 15 is 0 Å². The highest BCUT2D eigenvalue weighted by Gasteiger charge is 2.22. The summed E-state index contributed by atoms with van der Waals surface area (Å²) >= 11 is 1.63. The molecule has 0 saturated carbocycles. The van der Waals surface area contributed by atoms with Crippen LogP contribution >= 0.6 is 24.2 Å². The molecule has 0 spiro atoms. The standard InChI is InChI=1S/C15H22N2O3S.ClH/c1-4-5-13(15(19)20)16-10(2)14(18)17-11-6-8-12(21-3)9-7-11;/h6-10,13,16H,4-5H2,1-3H3,(H,17,18)(H,19,20);1H. The molecule has 2 unspecified atom stereocenters. The first-order valence-electron chi connectivity index (χ1n) is 6.91. The lowest BCUT2D eigenvalue weighted by Crippen LogP contribution is -2.47. The summed E-state index contributed by atoms with van der Waals surface area (Å²) in [6, 6.07) is 6.24. The van der Waals surface area contributed by atoms with Crippen molar-refractivity contribution >= 4 is 41.7 Å². The molecule has 22 heavy (non-hydrogen) atoms. The van der Waals surface area contributed by atoms with Crippen LogP contribution in [0.1, 0.15) is 26.7 Å². The topological polar surface area (TPSA) is 78.4 Å². The van der Waals surface area contributed by atoms with Gasteiger partial charge in [0.2, 0.25) is 5.91 Å². The van der Waals surface area contributed by atoms with Crippen molar-refractivity contribution in [1.29, 1.82) is 0 Å². The molecule has 7 heteroatoms. The lowest BCUT2D eigenvalue weighted by molar-refractivity contribution is -0.140. The second-order valence-electron chi connectivity index (χ2n) is 4.79. The average molecular weight is 347 g/mol. The quantitative estimate of drug-likeness (QED) is 0.631. The number of amides is 1. The van der Waals surface area contributed by atoms with Gasteiger partial charge in [-0.15, -0.1) is 24.2 Å². The molecule has 1 amide bonds. The van der Waals surface area contributed by atoms with E-state index in [1.165, 1.54) is 0 Å². The highest BCUT2D eigenvalue weighted by molar-refractivity contribution is 7.98. The summed E-state index contributed by atoms with van der Waals surface area (Å²) in [7, 11) is 0. The number of carboxylic acids is 1. The van der Waals surface area contributed by atoms with Gasteiger partial charge in [0.1, 0.15) is 6.04 Å². The van der Waals surface area contributed by atoms with Crippen molar-refractivity contribution in [3.63, 3.8) is 0 Å². The lowest BCUT2D eigenvalue weighted by Gasteiger charge is -2.19. The Kier molecular flexibility index (Phi) is 9.89. The minimum absolute atomic E-state index is 0. The van der Waals surface area contributed by atoms with Gasteiger partial charge in [-0.3, -0.25) is 14.9 Å². The fourth-order valence-electron chi connectivity index (χ4n) is 1.87. The predicted octanol–water partition coefficient (Wildman–Crippen LogP) is 3.00. The zero-order chi connectivity index (χ0) is 15.8. The highest BCUT2D eigenvalue weighted by Crippen LogP contribution is 2.17. The van der Waals surface area contributed by atoms with Gasteiger partial charge < -0.3 is 10.4 Å². The number of benzene rings is 1. The number of aliphatic carboxylic acids is 1. The van der Waals surface area contributed by atoms with E-state index in [0.717, 1.165) is 11.3 Å². The van der Waals surface area contributed by atoms with Gasteiger partial charge >= 0.3 is 5.97 Å². The molecule has 0 bridgehead atoms. The number of carboxylic acid groups (broad SMARTS) is 1. The van der Waals surface area contributed by atoms with E-state index in [2.05, 4.69) is 10.6 Å². The number of carbonyl (C=O) groups is 2. The van der Waals surface area contributed by atoms with Crippen LogP contribution in [0.15, 0.2) is 29.2 Å². The Hall–Kier alpha value is -1.24. The molecule has 2 atom stereocenters. The fraction of sp³-hybridized carbons (Fsp3) is 0.467. The van der Waals surface area contributed by atoms with Crippen molar-refractivity contribution in [1.82, 2.24) is 5.32 Å². The van der Waals surface area contributed by atoms with E-state index < -0.39 is 18.1 Å². The zero-order valence-corrected chi connectivity index (χ0v) is 14.6. The van der Waals surface area contributed by atoms with Crippen molar-refractivity contribution in [2.45, 2.75) is 43.7 Å². The highest BCUT2D eigenvalue weighted by atomic mass is 35.5. The first kappa shape index (κ1) is 20.8. The first-order valence-corrected chi connectivity index (χ1v) is 8.14. The molecule has 1 aromatic carbocycles. The molecule has 0 aliphatic carbocycles. The number of hydrogen-bond acceptors (Lipinski definition) is 4. The van der Waals surface area contributed by atoms with Gasteiger partial charge in [0.25, 0.3) is 0 Å². The SMILES string of the molecule is CCCC(NC(C)C(=O)Nc1ccc(SC)cc1)C(=O)O.Cl. The van der Waals surface area contributed by atoms with Crippen LogP contribution in [0.2, 0.25) is 0 Å². The van der Waals surface area contributed by atoms with Gasteiger partial charge in [-0.1, -0.05) is 13.3 Å². The van der Waals surface area contributed by atoms with Gasteiger partial charge in [-0.25, -0.2) is 0 Å². The van der Waals surface area contributed by atoms with Crippen LogP contribution in [0.3, 0.4) is 0 Å². The van der Waals surface area contributed by atoms with Crippen molar-refractivity contribution in [2.75, 3.05) is 11.6 Å². The molecule has 0 aliphatic rings. The van der Waals surface area contributed by atoms with E-state index in [1.54, 1.807) is 18.7 Å². The average Bonchev–Trinajstić information content (AvgIpc) is 2.47. The summed E-state index contributed by atoms with van der Waals surface area (Å²) in [4.78, 5) is 24.3. The monoisotopic (exact) mass is 346 g/mol. The molecule has 0 radical (unpaired) electrons. The van der Waals surface area contributed by atoms with Gasteiger partial charge in [-0.2, -0.15) is 0 Å². The molecular weight excluding hydrogens is 324 g/mol. The Bertz CT molecular complexity index is 482. The molecule has 5 nitrogen and oxygen atoms in total. The van der Waals surface area contributed by atoms with Crippen LogP contribution in [-0.2, 0) is 9.59 Å².